The van der Waals surface area contributed by atoms with E-state index in [9.17, 15) is 9.90 Å². The minimum atomic E-state index is -0.768. The molecule has 2 rings (SSSR count). The molecular formula is C15H22N2O2S. The van der Waals surface area contributed by atoms with Crippen LogP contribution >= 0.6 is 11.8 Å². The Morgan fingerprint density at radius 1 is 1.50 bits per heavy atom. The Labute approximate surface area is 124 Å². The number of aliphatic hydroxyl groups is 1. The number of hydrogen-bond donors (Lipinski definition) is 3. The molecule has 0 spiro atoms. The number of rotatable bonds is 6. The van der Waals surface area contributed by atoms with E-state index in [0.717, 1.165) is 12.3 Å². The molecule has 110 valence electrons. The fourth-order valence-electron chi connectivity index (χ4n) is 2.22. The fraction of sp³-hybridized carbons (Fsp3) is 0.533. The maximum Gasteiger partial charge on any atom is 0.230 e. The van der Waals surface area contributed by atoms with E-state index in [1.807, 2.05) is 12.1 Å². The van der Waals surface area contributed by atoms with Gasteiger partial charge in [-0.2, -0.15) is 0 Å². The second-order valence-corrected chi connectivity index (χ2v) is 6.33. The van der Waals surface area contributed by atoms with Crippen LogP contribution in [0.4, 0.5) is 0 Å². The maximum absolute atomic E-state index is 11.8. The van der Waals surface area contributed by atoms with E-state index in [2.05, 4.69) is 29.7 Å². The SMILES string of the molecule is Cc1ccccc1CSCC(=O)NC[C@@]1(O)CCNC1. The largest absolute Gasteiger partial charge is 0.387 e. The normalized spacial score (nSPS) is 21.9. The van der Waals surface area contributed by atoms with E-state index in [4.69, 9.17) is 0 Å². The van der Waals surface area contributed by atoms with Crippen molar-refractivity contribution in [2.24, 2.45) is 0 Å². The zero-order valence-electron chi connectivity index (χ0n) is 11.8. The molecule has 1 heterocycles. The summed E-state index contributed by atoms with van der Waals surface area (Å²) in [6.45, 7) is 3.79. The molecule has 0 unspecified atom stereocenters. The van der Waals surface area contributed by atoms with Gasteiger partial charge in [-0.1, -0.05) is 24.3 Å². The monoisotopic (exact) mass is 294 g/mol. The van der Waals surface area contributed by atoms with E-state index in [1.54, 1.807) is 11.8 Å². The Bertz CT molecular complexity index is 459. The number of hydrogen-bond acceptors (Lipinski definition) is 4. The molecule has 0 radical (unpaired) electrons. The van der Waals surface area contributed by atoms with Gasteiger partial charge in [-0.3, -0.25) is 4.79 Å². The summed E-state index contributed by atoms with van der Waals surface area (Å²) < 4.78 is 0. The highest BCUT2D eigenvalue weighted by molar-refractivity contribution is 7.99. The predicted octanol–water partition coefficient (Wildman–Crippen LogP) is 1.07. The van der Waals surface area contributed by atoms with E-state index >= 15 is 0 Å². The minimum Gasteiger partial charge on any atom is -0.387 e. The van der Waals surface area contributed by atoms with Crippen LogP contribution in [0.1, 0.15) is 17.5 Å². The third kappa shape index (κ3) is 4.51. The quantitative estimate of drug-likeness (QED) is 0.734. The van der Waals surface area contributed by atoms with Gasteiger partial charge in [0.1, 0.15) is 0 Å². The number of benzene rings is 1. The first-order chi connectivity index (χ1) is 9.59. The Hall–Kier alpha value is -1.04. The molecule has 0 aliphatic carbocycles. The fourth-order valence-corrected chi connectivity index (χ4v) is 3.15. The number of carbonyl (C=O) groups is 1. The van der Waals surface area contributed by atoms with Crippen molar-refractivity contribution in [3.63, 3.8) is 0 Å². The summed E-state index contributed by atoms with van der Waals surface area (Å²) in [5, 5.41) is 16.0. The molecule has 1 atom stereocenters. The van der Waals surface area contributed by atoms with E-state index in [0.29, 0.717) is 25.3 Å². The average Bonchev–Trinajstić information content (AvgIpc) is 2.86. The number of nitrogens with one attached hydrogen (secondary N) is 2. The lowest BCUT2D eigenvalue weighted by atomic mass is 10.0. The number of aryl methyl sites for hydroxylation is 1. The topological polar surface area (TPSA) is 61.4 Å². The summed E-state index contributed by atoms with van der Waals surface area (Å²) in [4.78, 5) is 11.8. The van der Waals surface area contributed by atoms with Crippen LogP contribution in [-0.2, 0) is 10.5 Å². The van der Waals surface area contributed by atoms with Crippen LogP contribution in [0.2, 0.25) is 0 Å². The van der Waals surface area contributed by atoms with Gasteiger partial charge < -0.3 is 15.7 Å². The zero-order chi connectivity index (χ0) is 14.4. The van der Waals surface area contributed by atoms with Crippen molar-refractivity contribution in [2.75, 3.05) is 25.4 Å². The molecule has 0 saturated carbocycles. The third-order valence-electron chi connectivity index (χ3n) is 3.59. The summed E-state index contributed by atoms with van der Waals surface area (Å²) in [5.41, 5.74) is 1.76. The van der Waals surface area contributed by atoms with E-state index in [-0.39, 0.29) is 5.91 Å². The average molecular weight is 294 g/mol. The standard InChI is InChI=1S/C15H22N2O2S/c1-12-4-2-3-5-13(12)8-20-9-14(18)17-11-15(19)6-7-16-10-15/h2-5,16,19H,6-11H2,1H3,(H,17,18)/t15-/m1/s1. The van der Waals surface area contributed by atoms with Crippen molar-refractivity contribution >= 4 is 17.7 Å². The molecule has 4 nitrogen and oxygen atoms in total. The lowest BCUT2D eigenvalue weighted by Crippen LogP contribution is -2.44. The third-order valence-corrected chi connectivity index (χ3v) is 4.57. The number of thioether (sulfide) groups is 1. The number of amides is 1. The summed E-state index contributed by atoms with van der Waals surface area (Å²) >= 11 is 1.60. The van der Waals surface area contributed by atoms with Crippen LogP contribution in [0.25, 0.3) is 0 Å². The van der Waals surface area contributed by atoms with Crippen molar-refractivity contribution in [1.82, 2.24) is 10.6 Å². The second-order valence-electron chi connectivity index (χ2n) is 5.35. The Kier molecular flexibility index (Phi) is 5.46. The smallest absolute Gasteiger partial charge is 0.230 e. The molecular weight excluding hydrogens is 272 g/mol. The molecule has 0 aromatic heterocycles. The molecule has 1 saturated heterocycles. The van der Waals surface area contributed by atoms with Crippen molar-refractivity contribution in [3.05, 3.63) is 35.4 Å². The van der Waals surface area contributed by atoms with E-state index in [1.165, 1.54) is 11.1 Å². The maximum atomic E-state index is 11.8. The highest BCUT2D eigenvalue weighted by Gasteiger charge is 2.31. The van der Waals surface area contributed by atoms with Crippen LogP contribution < -0.4 is 10.6 Å². The Balaban J connectivity index is 1.67. The molecule has 1 fully saturated rings. The van der Waals surface area contributed by atoms with Gasteiger partial charge in [-0.05, 0) is 31.0 Å². The molecule has 1 aliphatic rings. The van der Waals surface area contributed by atoms with Gasteiger partial charge in [-0.25, -0.2) is 0 Å². The summed E-state index contributed by atoms with van der Waals surface area (Å²) in [6.07, 6.45) is 0.698. The van der Waals surface area contributed by atoms with Gasteiger partial charge in [0.25, 0.3) is 0 Å². The first-order valence-electron chi connectivity index (χ1n) is 6.91. The van der Waals surface area contributed by atoms with Gasteiger partial charge in [0.15, 0.2) is 0 Å². The highest BCUT2D eigenvalue weighted by atomic mass is 32.2. The van der Waals surface area contributed by atoms with Crippen molar-refractivity contribution < 1.29 is 9.90 Å². The van der Waals surface area contributed by atoms with E-state index < -0.39 is 5.60 Å². The Morgan fingerprint density at radius 3 is 3.00 bits per heavy atom. The zero-order valence-corrected chi connectivity index (χ0v) is 12.6. The van der Waals surface area contributed by atoms with Gasteiger partial charge in [0.05, 0.1) is 11.4 Å². The minimum absolute atomic E-state index is 0.0103. The van der Waals surface area contributed by atoms with Crippen LogP contribution in [0.15, 0.2) is 24.3 Å². The molecule has 1 aromatic rings. The first kappa shape index (κ1) is 15.4. The summed E-state index contributed by atoms with van der Waals surface area (Å²) in [5.74, 6) is 1.26. The predicted molar refractivity (Wildman–Crippen MR) is 82.8 cm³/mol. The molecule has 3 N–H and O–H groups in total. The molecule has 5 heteroatoms. The Morgan fingerprint density at radius 2 is 2.30 bits per heavy atom. The molecule has 1 amide bonds. The van der Waals surface area contributed by atoms with Crippen molar-refractivity contribution in [2.45, 2.75) is 24.7 Å². The van der Waals surface area contributed by atoms with Crippen molar-refractivity contribution in [3.8, 4) is 0 Å². The number of carbonyl (C=O) groups excluding carboxylic acids is 1. The molecule has 0 bridgehead atoms. The lowest BCUT2D eigenvalue weighted by molar-refractivity contribution is -0.119. The first-order valence-corrected chi connectivity index (χ1v) is 8.07. The lowest BCUT2D eigenvalue weighted by Gasteiger charge is -2.21. The summed E-state index contributed by atoms with van der Waals surface area (Å²) in [6, 6.07) is 8.21. The van der Waals surface area contributed by atoms with Gasteiger partial charge in [-0.15, -0.1) is 11.8 Å². The summed E-state index contributed by atoms with van der Waals surface area (Å²) in [7, 11) is 0. The second kappa shape index (κ2) is 7.11. The van der Waals surface area contributed by atoms with Crippen LogP contribution in [-0.4, -0.2) is 42.0 Å². The van der Waals surface area contributed by atoms with Gasteiger partial charge in [0, 0.05) is 18.8 Å². The van der Waals surface area contributed by atoms with Gasteiger partial charge in [0.2, 0.25) is 5.91 Å². The molecule has 20 heavy (non-hydrogen) atoms. The van der Waals surface area contributed by atoms with Crippen LogP contribution in [0.3, 0.4) is 0 Å². The highest BCUT2D eigenvalue weighted by Crippen LogP contribution is 2.16. The molecule has 1 aromatic carbocycles. The van der Waals surface area contributed by atoms with Crippen molar-refractivity contribution in [1.29, 1.82) is 0 Å². The number of β-amino-alcohol motifs (C(OH)–C–C–N with tert-alkyl or cyclic N) is 1. The van der Waals surface area contributed by atoms with Crippen LogP contribution in [0, 0.1) is 6.92 Å². The van der Waals surface area contributed by atoms with Crippen LogP contribution in [0.5, 0.6) is 0 Å². The van der Waals surface area contributed by atoms with Gasteiger partial charge >= 0.3 is 0 Å². The molecule has 1 aliphatic heterocycles.